The van der Waals surface area contributed by atoms with Crippen LogP contribution in [0.3, 0.4) is 0 Å². The number of ether oxygens (including phenoxy) is 1. The van der Waals surface area contributed by atoms with E-state index in [4.69, 9.17) is 4.74 Å². The highest BCUT2D eigenvalue weighted by molar-refractivity contribution is 4.99. The van der Waals surface area contributed by atoms with Gasteiger partial charge in [0.15, 0.2) is 0 Å². The molecule has 17 heavy (non-hydrogen) atoms. The van der Waals surface area contributed by atoms with E-state index in [0.29, 0.717) is 6.04 Å². The van der Waals surface area contributed by atoms with Crippen molar-refractivity contribution in [1.29, 1.82) is 0 Å². The van der Waals surface area contributed by atoms with Gasteiger partial charge in [0, 0.05) is 12.6 Å². The first-order chi connectivity index (χ1) is 8.12. The summed E-state index contributed by atoms with van der Waals surface area (Å²) in [5.41, 5.74) is 0.198. The molecular formula is C15H29NO. The summed E-state index contributed by atoms with van der Waals surface area (Å²) in [4.78, 5) is 0. The number of morpholine rings is 1. The number of hydrogen-bond donors (Lipinski definition) is 1. The van der Waals surface area contributed by atoms with Crippen LogP contribution in [-0.2, 0) is 4.74 Å². The molecule has 1 aliphatic heterocycles. The lowest BCUT2D eigenvalue weighted by atomic mass is 9.82. The van der Waals surface area contributed by atoms with Crippen molar-refractivity contribution in [3.63, 3.8) is 0 Å². The average molecular weight is 239 g/mol. The summed E-state index contributed by atoms with van der Waals surface area (Å²) in [7, 11) is 0. The quantitative estimate of drug-likeness (QED) is 0.812. The zero-order valence-corrected chi connectivity index (χ0v) is 11.8. The minimum Gasteiger partial charge on any atom is -0.372 e. The van der Waals surface area contributed by atoms with Crippen molar-refractivity contribution in [1.82, 2.24) is 5.32 Å². The van der Waals surface area contributed by atoms with Crippen LogP contribution in [0.1, 0.15) is 59.3 Å². The van der Waals surface area contributed by atoms with E-state index in [9.17, 15) is 0 Å². The van der Waals surface area contributed by atoms with Crippen LogP contribution in [0.4, 0.5) is 0 Å². The predicted octanol–water partition coefficient (Wildman–Crippen LogP) is 3.36. The van der Waals surface area contributed by atoms with Crippen molar-refractivity contribution >= 4 is 0 Å². The van der Waals surface area contributed by atoms with E-state index in [1.807, 2.05) is 0 Å². The standard InChI is InChI=1S/C15H29NO/c1-12(2)10-13(3)11-14-15(6-4-5-7-15)17-9-8-16-14/h12-14,16H,4-11H2,1-3H3. The molecule has 0 aromatic carbocycles. The molecule has 1 saturated heterocycles. The second-order valence-electron chi connectivity index (χ2n) is 6.60. The highest BCUT2D eigenvalue weighted by Crippen LogP contribution is 2.40. The lowest BCUT2D eigenvalue weighted by molar-refractivity contribution is -0.0968. The Kier molecular flexibility index (Phi) is 4.48. The molecule has 1 aliphatic carbocycles. The van der Waals surface area contributed by atoms with Gasteiger partial charge in [0.2, 0.25) is 0 Å². The molecule has 1 spiro atoms. The van der Waals surface area contributed by atoms with Crippen LogP contribution in [0.5, 0.6) is 0 Å². The minimum absolute atomic E-state index is 0.198. The normalized spacial score (nSPS) is 30.0. The third-order valence-corrected chi connectivity index (χ3v) is 4.48. The molecule has 2 nitrogen and oxygen atoms in total. The first-order valence-corrected chi connectivity index (χ1v) is 7.50. The fourth-order valence-electron chi connectivity index (χ4n) is 3.84. The van der Waals surface area contributed by atoms with Crippen LogP contribution in [0.15, 0.2) is 0 Å². The molecule has 2 aliphatic rings. The number of rotatable bonds is 4. The molecule has 0 aromatic heterocycles. The Labute approximate surface area is 107 Å². The van der Waals surface area contributed by atoms with Crippen molar-refractivity contribution in [2.75, 3.05) is 13.2 Å². The fourth-order valence-corrected chi connectivity index (χ4v) is 3.84. The van der Waals surface area contributed by atoms with Crippen molar-refractivity contribution in [3.8, 4) is 0 Å². The first kappa shape index (κ1) is 13.4. The Hall–Kier alpha value is -0.0800. The van der Waals surface area contributed by atoms with Gasteiger partial charge >= 0.3 is 0 Å². The van der Waals surface area contributed by atoms with Gasteiger partial charge in [-0.2, -0.15) is 0 Å². The van der Waals surface area contributed by atoms with E-state index in [1.54, 1.807) is 0 Å². The maximum Gasteiger partial charge on any atom is 0.0835 e. The van der Waals surface area contributed by atoms with E-state index >= 15 is 0 Å². The van der Waals surface area contributed by atoms with E-state index in [2.05, 4.69) is 26.1 Å². The summed E-state index contributed by atoms with van der Waals surface area (Å²) < 4.78 is 6.18. The maximum absolute atomic E-state index is 6.18. The summed E-state index contributed by atoms with van der Waals surface area (Å²) in [5, 5.41) is 3.73. The van der Waals surface area contributed by atoms with Crippen LogP contribution in [0.25, 0.3) is 0 Å². The number of hydrogen-bond acceptors (Lipinski definition) is 2. The van der Waals surface area contributed by atoms with Gasteiger partial charge in [-0.3, -0.25) is 0 Å². The second kappa shape index (κ2) is 5.71. The van der Waals surface area contributed by atoms with Gasteiger partial charge in [0.1, 0.15) is 0 Å². The lowest BCUT2D eigenvalue weighted by Gasteiger charge is -2.43. The van der Waals surface area contributed by atoms with Crippen LogP contribution in [-0.4, -0.2) is 24.8 Å². The SMILES string of the molecule is CC(C)CC(C)CC1NCCOC12CCCC2. The molecule has 0 radical (unpaired) electrons. The highest BCUT2D eigenvalue weighted by Gasteiger charge is 2.44. The third kappa shape index (κ3) is 3.23. The van der Waals surface area contributed by atoms with Gasteiger partial charge in [-0.05, 0) is 37.5 Å². The summed E-state index contributed by atoms with van der Waals surface area (Å²) in [5.74, 6) is 1.63. The van der Waals surface area contributed by atoms with Crippen molar-refractivity contribution < 1.29 is 4.74 Å². The largest absolute Gasteiger partial charge is 0.372 e. The van der Waals surface area contributed by atoms with Crippen molar-refractivity contribution in [2.45, 2.75) is 70.9 Å². The molecule has 100 valence electrons. The Bertz CT molecular complexity index is 233. The molecule has 2 rings (SSSR count). The summed E-state index contributed by atoms with van der Waals surface area (Å²) in [6.07, 6.45) is 7.90. The van der Waals surface area contributed by atoms with Crippen LogP contribution in [0, 0.1) is 11.8 Å². The highest BCUT2D eigenvalue weighted by atomic mass is 16.5. The van der Waals surface area contributed by atoms with E-state index < -0.39 is 0 Å². The van der Waals surface area contributed by atoms with Gasteiger partial charge in [-0.15, -0.1) is 0 Å². The molecule has 2 atom stereocenters. The Morgan fingerprint density at radius 3 is 2.59 bits per heavy atom. The molecular weight excluding hydrogens is 210 g/mol. The van der Waals surface area contributed by atoms with Gasteiger partial charge < -0.3 is 10.1 Å². The summed E-state index contributed by atoms with van der Waals surface area (Å²) in [6, 6.07) is 0.604. The molecule has 1 N–H and O–H groups in total. The zero-order valence-electron chi connectivity index (χ0n) is 11.8. The van der Waals surface area contributed by atoms with Crippen molar-refractivity contribution in [3.05, 3.63) is 0 Å². The second-order valence-corrected chi connectivity index (χ2v) is 6.60. The van der Waals surface area contributed by atoms with Gasteiger partial charge in [-0.1, -0.05) is 33.6 Å². The predicted molar refractivity (Wildman–Crippen MR) is 72.2 cm³/mol. The molecule has 0 amide bonds. The molecule has 2 fully saturated rings. The molecule has 1 saturated carbocycles. The lowest BCUT2D eigenvalue weighted by Crippen LogP contribution is -2.57. The average Bonchev–Trinajstić information content (AvgIpc) is 2.70. The smallest absolute Gasteiger partial charge is 0.0835 e. The monoisotopic (exact) mass is 239 g/mol. The molecule has 2 unspecified atom stereocenters. The third-order valence-electron chi connectivity index (χ3n) is 4.48. The summed E-state index contributed by atoms with van der Waals surface area (Å²) in [6.45, 7) is 9.01. The Morgan fingerprint density at radius 2 is 1.94 bits per heavy atom. The summed E-state index contributed by atoms with van der Waals surface area (Å²) >= 11 is 0. The fraction of sp³-hybridized carbons (Fsp3) is 1.00. The van der Waals surface area contributed by atoms with E-state index in [-0.39, 0.29) is 5.60 Å². The molecule has 0 aromatic rings. The maximum atomic E-state index is 6.18. The van der Waals surface area contributed by atoms with E-state index in [1.165, 1.54) is 38.5 Å². The molecule has 1 heterocycles. The van der Waals surface area contributed by atoms with Crippen LogP contribution >= 0.6 is 0 Å². The van der Waals surface area contributed by atoms with Gasteiger partial charge in [-0.25, -0.2) is 0 Å². The molecule has 0 bridgehead atoms. The van der Waals surface area contributed by atoms with Gasteiger partial charge in [0.25, 0.3) is 0 Å². The van der Waals surface area contributed by atoms with Gasteiger partial charge in [0.05, 0.1) is 12.2 Å². The topological polar surface area (TPSA) is 21.3 Å². The Balaban J connectivity index is 1.92. The first-order valence-electron chi connectivity index (χ1n) is 7.50. The van der Waals surface area contributed by atoms with E-state index in [0.717, 1.165) is 25.0 Å². The van der Waals surface area contributed by atoms with Crippen LogP contribution in [0.2, 0.25) is 0 Å². The zero-order chi connectivity index (χ0) is 12.3. The van der Waals surface area contributed by atoms with Crippen LogP contribution < -0.4 is 5.32 Å². The molecule has 2 heteroatoms. The Morgan fingerprint density at radius 1 is 1.24 bits per heavy atom. The number of nitrogens with one attached hydrogen (secondary N) is 1. The van der Waals surface area contributed by atoms with Crippen molar-refractivity contribution in [2.24, 2.45) is 11.8 Å². The minimum atomic E-state index is 0.198.